The molecule has 0 atom stereocenters. The lowest BCUT2D eigenvalue weighted by molar-refractivity contribution is 1.22. The van der Waals surface area contributed by atoms with Gasteiger partial charge < -0.3 is 0 Å². The second-order valence-corrected chi connectivity index (χ2v) is 9.25. The maximum atomic E-state index is 4.93. The van der Waals surface area contributed by atoms with Crippen molar-refractivity contribution < 1.29 is 0 Å². The van der Waals surface area contributed by atoms with Gasteiger partial charge in [-0.05, 0) is 60.2 Å². The Morgan fingerprint density at radius 3 is 1.29 bits per heavy atom. The second kappa shape index (κ2) is 8.99. The number of nitrogens with zero attached hydrogens (tertiary/aromatic N) is 3. The first-order chi connectivity index (χ1) is 15.4. The van der Waals surface area contributed by atoms with Crippen LogP contribution in [0, 0.1) is 0 Å². The maximum absolute atomic E-state index is 4.93. The van der Waals surface area contributed by atoms with Gasteiger partial charge in [0.05, 0.1) is 22.8 Å². The smallest absolute Gasteiger partial charge is 0.0900 e. The summed E-state index contributed by atoms with van der Waals surface area (Å²) in [4.78, 5) is 14.0. The van der Waals surface area contributed by atoms with E-state index >= 15 is 0 Å². The van der Waals surface area contributed by atoms with Crippen LogP contribution in [0.5, 0.6) is 0 Å². The van der Waals surface area contributed by atoms with Crippen LogP contribution in [0.3, 0.4) is 0 Å². The minimum atomic E-state index is -0.755. The molecule has 0 fully saturated rings. The molecule has 0 unspecified atom stereocenters. The molecule has 5 rings (SSSR count). The Balaban J connectivity index is 1.74. The lowest BCUT2D eigenvalue weighted by Crippen LogP contribution is -2.21. The van der Waals surface area contributed by atoms with Crippen molar-refractivity contribution >= 4 is 23.8 Å². The maximum Gasteiger partial charge on any atom is 0.0900 e. The minimum absolute atomic E-state index is 0.755. The van der Waals surface area contributed by atoms with Crippen molar-refractivity contribution in [2.24, 2.45) is 0 Å². The summed E-state index contributed by atoms with van der Waals surface area (Å²) >= 11 is 0. The van der Waals surface area contributed by atoms with E-state index < -0.39 is 7.92 Å². The third-order valence-electron chi connectivity index (χ3n) is 4.95. The van der Waals surface area contributed by atoms with E-state index in [4.69, 9.17) is 4.98 Å². The van der Waals surface area contributed by atoms with Gasteiger partial charge >= 0.3 is 0 Å². The average molecular weight is 417 g/mol. The van der Waals surface area contributed by atoms with Crippen LogP contribution in [-0.4, -0.2) is 15.0 Å². The molecule has 3 aromatic heterocycles. The molecule has 4 heteroatoms. The Hall–Kier alpha value is -3.68. The topological polar surface area (TPSA) is 38.7 Å². The van der Waals surface area contributed by atoms with Gasteiger partial charge in [-0.25, -0.2) is 4.98 Å². The van der Waals surface area contributed by atoms with Crippen LogP contribution in [-0.2, 0) is 0 Å². The van der Waals surface area contributed by atoms with Crippen LogP contribution in [0.1, 0.15) is 0 Å². The zero-order valence-electron chi connectivity index (χ0n) is 16.8. The number of pyridine rings is 3. The van der Waals surface area contributed by atoms with Crippen LogP contribution in [0.25, 0.3) is 22.8 Å². The number of benzene rings is 2. The molecule has 0 aliphatic carbocycles. The third kappa shape index (κ3) is 4.28. The normalized spacial score (nSPS) is 10.9. The molecule has 2 aromatic carbocycles. The van der Waals surface area contributed by atoms with E-state index in [1.165, 1.54) is 15.9 Å². The van der Waals surface area contributed by atoms with Gasteiger partial charge in [0, 0.05) is 12.4 Å². The molecule has 148 valence electrons. The highest BCUT2D eigenvalue weighted by Crippen LogP contribution is 2.35. The predicted molar refractivity (Wildman–Crippen MR) is 129 cm³/mol. The van der Waals surface area contributed by atoms with E-state index in [0.29, 0.717) is 0 Å². The number of hydrogen-bond acceptors (Lipinski definition) is 3. The summed E-state index contributed by atoms with van der Waals surface area (Å²) in [5, 5.41) is 3.83. The standard InChI is InChI=1S/C27H20N3P/c1-3-11-21(12-4-1)31(22-13-5-2-6-14-22)23-19-26(24-15-7-9-17-28-24)30-27(20-23)25-16-8-10-18-29-25/h1-20H. The van der Waals surface area contributed by atoms with Gasteiger partial charge in [-0.2, -0.15) is 0 Å². The van der Waals surface area contributed by atoms with Crippen molar-refractivity contribution in [1.82, 2.24) is 15.0 Å². The van der Waals surface area contributed by atoms with Gasteiger partial charge in [-0.15, -0.1) is 0 Å². The highest BCUT2D eigenvalue weighted by Gasteiger charge is 2.19. The predicted octanol–water partition coefficient (Wildman–Crippen LogP) is 4.96. The summed E-state index contributed by atoms with van der Waals surface area (Å²) in [6.07, 6.45) is 3.61. The summed E-state index contributed by atoms with van der Waals surface area (Å²) in [6.45, 7) is 0. The lowest BCUT2D eigenvalue weighted by Gasteiger charge is -2.20. The number of aromatic nitrogens is 3. The Bertz CT molecular complexity index is 1160. The van der Waals surface area contributed by atoms with E-state index in [1.54, 1.807) is 12.4 Å². The van der Waals surface area contributed by atoms with Gasteiger partial charge in [-0.1, -0.05) is 72.8 Å². The minimum Gasteiger partial charge on any atom is -0.255 e. The fourth-order valence-corrected chi connectivity index (χ4v) is 5.88. The summed E-state index contributed by atoms with van der Waals surface area (Å²) in [7, 11) is -0.755. The number of rotatable bonds is 5. The van der Waals surface area contributed by atoms with E-state index in [-0.39, 0.29) is 0 Å². The van der Waals surface area contributed by atoms with Crippen LogP contribution in [0.4, 0.5) is 0 Å². The van der Waals surface area contributed by atoms with E-state index in [1.807, 2.05) is 36.4 Å². The molecule has 0 radical (unpaired) electrons. The summed E-state index contributed by atoms with van der Waals surface area (Å²) < 4.78 is 0. The molecular weight excluding hydrogens is 397 g/mol. The molecule has 0 aliphatic heterocycles. The SMILES string of the molecule is c1ccc(P(c2ccccc2)c2cc(-c3ccccn3)nc(-c3ccccn3)c2)cc1. The first kappa shape index (κ1) is 19.3. The zero-order valence-corrected chi connectivity index (χ0v) is 17.7. The quantitative estimate of drug-likeness (QED) is 0.379. The summed E-state index contributed by atoms with van der Waals surface area (Å²) in [5.41, 5.74) is 3.44. The molecule has 0 saturated carbocycles. The molecule has 5 aromatic rings. The largest absolute Gasteiger partial charge is 0.255 e. The highest BCUT2D eigenvalue weighted by atomic mass is 31.1. The van der Waals surface area contributed by atoms with Crippen LogP contribution >= 0.6 is 7.92 Å². The third-order valence-corrected chi connectivity index (χ3v) is 7.36. The van der Waals surface area contributed by atoms with E-state index in [0.717, 1.165) is 22.8 Å². The van der Waals surface area contributed by atoms with Gasteiger partial charge in [0.25, 0.3) is 0 Å². The first-order valence-corrected chi connectivity index (χ1v) is 11.5. The molecular formula is C27H20N3P. The molecule has 31 heavy (non-hydrogen) atoms. The molecule has 0 aliphatic rings. The Kier molecular flexibility index (Phi) is 5.60. The van der Waals surface area contributed by atoms with Gasteiger partial charge in [-0.3, -0.25) is 9.97 Å². The van der Waals surface area contributed by atoms with Crippen molar-refractivity contribution in [2.75, 3.05) is 0 Å². The molecule has 0 bridgehead atoms. The monoisotopic (exact) mass is 417 g/mol. The molecule has 3 nitrogen and oxygen atoms in total. The van der Waals surface area contributed by atoms with Crippen LogP contribution < -0.4 is 15.9 Å². The molecule has 0 amide bonds. The van der Waals surface area contributed by atoms with Crippen LogP contribution in [0.15, 0.2) is 122 Å². The van der Waals surface area contributed by atoms with E-state index in [2.05, 4.69) is 82.8 Å². The highest BCUT2D eigenvalue weighted by molar-refractivity contribution is 7.79. The number of hydrogen-bond donors (Lipinski definition) is 0. The Labute approximate surface area is 183 Å². The zero-order chi connectivity index (χ0) is 20.9. The molecule has 0 N–H and O–H groups in total. The van der Waals surface area contributed by atoms with Gasteiger partial charge in [0.1, 0.15) is 0 Å². The molecule has 0 saturated heterocycles. The lowest BCUT2D eigenvalue weighted by atomic mass is 10.2. The Morgan fingerprint density at radius 2 is 0.871 bits per heavy atom. The van der Waals surface area contributed by atoms with E-state index in [9.17, 15) is 0 Å². The summed E-state index contributed by atoms with van der Waals surface area (Å²) in [5.74, 6) is 0. The van der Waals surface area contributed by atoms with Crippen molar-refractivity contribution in [2.45, 2.75) is 0 Å². The molecule has 3 heterocycles. The first-order valence-electron chi connectivity index (χ1n) is 10.1. The van der Waals surface area contributed by atoms with Crippen molar-refractivity contribution in [3.8, 4) is 22.8 Å². The molecule has 0 spiro atoms. The van der Waals surface area contributed by atoms with Gasteiger partial charge in [0.15, 0.2) is 0 Å². The van der Waals surface area contributed by atoms with Crippen molar-refractivity contribution in [3.05, 3.63) is 122 Å². The Morgan fingerprint density at radius 1 is 0.419 bits per heavy atom. The average Bonchev–Trinajstić information content (AvgIpc) is 2.86. The van der Waals surface area contributed by atoms with Gasteiger partial charge in [0.2, 0.25) is 0 Å². The van der Waals surface area contributed by atoms with Crippen molar-refractivity contribution in [3.63, 3.8) is 0 Å². The van der Waals surface area contributed by atoms with Crippen molar-refractivity contribution in [1.29, 1.82) is 0 Å². The fraction of sp³-hybridized carbons (Fsp3) is 0. The van der Waals surface area contributed by atoms with Crippen LogP contribution in [0.2, 0.25) is 0 Å². The summed E-state index contributed by atoms with van der Waals surface area (Å²) in [6, 6.07) is 37.6. The fourth-order valence-electron chi connectivity index (χ4n) is 3.54. The second-order valence-electron chi connectivity index (χ2n) is 7.03.